The molecule has 0 atom stereocenters. The number of hydrogen-bond donors (Lipinski definition) is 2. The van der Waals surface area contributed by atoms with Crippen LogP contribution in [0.25, 0.3) is 21.8 Å². The van der Waals surface area contributed by atoms with Gasteiger partial charge in [0.15, 0.2) is 0 Å². The maximum absolute atomic E-state index is 13.2. The van der Waals surface area contributed by atoms with Gasteiger partial charge in [-0.05, 0) is 64.9 Å². The van der Waals surface area contributed by atoms with Crippen LogP contribution in [-0.2, 0) is 42.6 Å². The Balaban J connectivity index is 0.000000215. The number of hydrogen-bond acceptors (Lipinski definition) is 3. The number of H-pyrrole nitrogens is 1. The Bertz CT molecular complexity index is 2340. The summed E-state index contributed by atoms with van der Waals surface area (Å²) in [6.45, 7) is 2.87. The summed E-state index contributed by atoms with van der Waals surface area (Å²) in [4.78, 5) is 18.2. The largest absolute Gasteiger partial charge is 0.445 e. The van der Waals surface area contributed by atoms with Crippen LogP contribution >= 0.6 is 15.9 Å². The van der Waals surface area contributed by atoms with Gasteiger partial charge in [0, 0.05) is 59.2 Å². The zero-order valence-electron chi connectivity index (χ0n) is 31.6. The molecule has 6 aromatic carbocycles. The van der Waals surface area contributed by atoms with Crippen molar-refractivity contribution in [2.24, 2.45) is 5.73 Å². The molecular formula is C49H49BrN4O2. The number of amides is 1. The number of halogens is 1. The molecule has 3 N–H and O–H groups in total. The molecule has 2 heterocycles. The number of aromatic amines is 1. The number of para-hydroxylation sites is 2. The number of aromatic nitrogens is 2. The van der Waals surface area contributed by atoms with E-state index in [1.807, 2.05) is 102 Å². The van der Waals surface area contributed by atoms with E-state index in [1.165, 1.54) is 44.1 Å². The van der Waals surface area contributed by atoms with Crippen molar-refractivity contribution in [2.45, 2.75) is 37.9 Å². The van der Waals surface area contributed by atoms with Crippen LogP contribution < -0.4 is 5.73 Å². The number of fused-ring (bicyclic) bond motifs is 2. The van der Waals surface area contributed by atoms with Crippen molar-refractivity contribution < 1.29 is 9.53 Å². The molecule has 0 spiro atoms. The Labute approximate surface area is 338 Å². The second-order valence-corrected chi connectivity index (χ2v) is 14.1. The molecule has 7 heteroatoms. The first kappa shape index (κ1) is 39.8. The van der Waals surface area contributed by atoms with Gasteiger partial charge in [-0.25, -0.2) is 4.79 Å². The van der Waals surface area contributed by atoms with E-state index in [9.17, 15) is 4.79 Å². The van der Waals surface area contributed by atoms with Gasteiger partial charge in [-0.15, -0.1) is 0 Å². The fraction of sp³-hybridized carbons (Fsp3) is 0.163. The number of rotatable bonds is 12. The van der Waals surface area contributed by atoms with Gasteiger partial charge in [0.1, 0.15) is 6.61 Å². The Hall–Kier alpha value is -5.89. The lowest BCUT2D eigenvalue weighted by Crippen LogP contribution is -2.33. The van der Waals surface area contributed by atoms with Crippen LogP contribution in [0.5, 0.6) is 0 Å². The smallest absolute Gasteiger partial charge is 0.410 e. The van der Waals surface area contributed by atoms with E-state index in [0.717, 1.165) is 35.8 Å². The van der Waals surface area contributed by atoms with Crippen molar-refractivity contribution in [3.63, 3.8) is 0 Å². The van der Waals surface area contributed by atoms with Gasteiger partial charge in [0.25, 0.3) is 0 Å². The van der Waals surface area contributed by atoms with Gasteiger partial charge in [-0.3, -0.25) is 0 Å². The molecule has 2 aromatic heterocycles. The van der Waals surface area contributed by atoms with E-state index in [-0.39, 0.29) is 12.7 Å². The molecule has 0 saturated heterocycles. The highest BCUT2D eigenvalue weighted by molar-refractivity contribution is 9.08. The van der Waals surface area contributed by atoms with Crippen LogP contribution in [0.2, 0.25) is 0 Å². The molecule has 0 fully saturated rings. The second-order valence-electron chi connectivity index (χ2n) is 13.5. The Morgan fingerprint density at radius 2 is 1.18 bits per heavy atom. The summed E-state index contributed by atoms with van der Waals surface area (Å²) in [5.74, 6) is 0. The maximum Gasteiger partial charge on any atom is 0.410 e. The molecule has 0 radical (unpaired) electrons. The maximum atomic E-state index is 13.2. The highest BCUT2D eigenvalue weighted by Gasteiger charge is 2.18. The topological polar surface area (TPSA) is 76.3 Å². The standard InChI is InChI=1S/C32H30N2O2.C10H12N2.C7H7Br/c35-32(36-25-28-16-8-3-9-17-28)33(22-26-12-4-1-5-13-26)21-20-29-24-34(23-27-14-6-2-7-15-27)31-19-11-10-18-30(29)31;11-6-5-8-7-12-10-4-2-1-3-9(8)10;8-6-7-4-2-1-3-5-7/h1-19,24H,20-23,25H2;1-4,7,12H,5-6,11H2;1-5H,6H2. The second kappa shape index (κ2) is 21.3. The third kappa shape index (κ3) is 11.6. The van der Waals surface area contributed by atoms with Gasteiger partial charge in [0.05, 0.1) is 0 Å². The zero-order valence-corrected chi connectivity index (χ0v) is 33.2. The third-order valence-corrected chi connectivity index (χ3v) is 10.1. The lowest BCUT2D eigenvalue weighted by molar-refractivity contribution is 0.0941. The molecule has 284 valence electrons. The molecule has 8 rings (SSSR count). The van der Waals surface area contributed by atoms with E-state index in [4.69, 9.17) is 10.5 Å². The molecule has 0 unspecified atom stereocenters. The van der Waals surface area contributed by atoms with E-state index < -0.39 is 0 Å². The van der Waals surface area contributed by atoms with Crippen molar-refractivity contribution in [1.82, 2.24) is 14.5 Å². The fourth-order valence-corrected chi connectivity index (χ4v) is 6.97. The fourth-order valence-electron chi connectivity index (χ4n) is 6.60. The zero-order chi connectivity index (χ0) is 38.8. The summed E-state index contributed by atoms with van der Waals surface area (Å²) >= 11 is 3.36. The molecule has 6 nitrogen and oxygen atoms in total. The molecule has 0 bridgehead atoms. The van der Waals surface area contributed by atoms with E-state index in [1.54, 1.807) is 0 Å². The summed E-state index contributed by atoms with van der Waals surface area (Å²) in [6, 6.07) is 57.4. The Kier molecular flexibility index (Phi) is 15.1. The number of nitrogens with two attached hydrogens (primary N) is 1. The first-order chi connectivity index (χ1) is 27.6. The number of nitrogens with one attached hydrogen (secondary N) is 1. The van der Waals surface area contributed by atoms with Crippen LogP contribution in [-0.4, -0.2) is 33.6 Å². The number of carbonyl (C=O) groups is 1. The van der Waals surface area contributed by atoms with Crippen molar-refractivity contribution in [3.8, 4) is 0 Å². The predicted octanol–water partition coefficient (Wildman–Crippen LogP) is 11.3. The van der Waals surface area contributed by atoms with Crippen LogP contribution in [0, 0.1) is 0 Å². The number of ether oxygens (including phenoxy) is 1. The van der Waals surface area contributed by atoms with Gasteiger partial charge in [0.2, 0.25) is 0 Å². The summed E-state index contributed by atoms with van der Waals surface area (Å²) in [5, 5.41) is 3.47. The SMILES string of the molecule is BrCc1ccccc1.NCCc1c[nH]c2ccccc12.O=C(OCc1ccccc1)N(CCc1cn(Cc2ccccc2)c2ccccc12)Cc1ccccc1. The molecule has 0 aliphatic carbocycles. The number of nitrogens with zero attached hydrogens (tertiary/aromatic N) is 2. The van der Waals surface area contributed by atoms with Gasteiger partial charge in [-0.2, -0.15) is 0 Å². The first-order valence-electron chi connectivity index (χ1n) is 19.1. The average Bonchev–Trinajstić information content (AvgIpc) is 3.84. The summed E-state index contributed by atoms with van der Waals surface area (Å²) in [5.41, 5.74) is 15.1. The quantitative estimate of drug-likeness (QED) is 0.121. The van der Waals surface area contributed by atoms with Crippen molar-refractivity contribution in [2.75, 3.05) is 13.1 Å². The summed E-state index contributed by atoms with van der Waals surface area (Å²) in [7, 11) is 0. The first-order valence-corrected chi connectivity index (χ1v) is 20.2. The molecular weight excluding hydrogens is 756 g/mol. The lowest BCUT2D eigenvalue weighted by atomic mass is 10.1. The summed E-state index contributed by atoms with van der Waals surface area (Å²) in [6.07, 6.45) is 5.67. The molecule has 0 aliphatic heterocycles. The van der Waals surface area contributed by atoms with Gasteiger partial charge >= 0.3 is 6.09 Å². The van der Waals surface area contributed by atoms with E-state index >= 15 is 0 Å². The molecule has 56 heavy (non-hydrogen) atoms. The Morgan fingerprint density at radius 3 is 1.80 bits per heavy atom. The third-order valence-electron chi connectivity index (χ3n) is 9.48. The summed E-state index contributed by atoms with van der Waals surface area (Å²) < 4.78 is 8.01. The molecule has 1 amide bonds. The minimum absolute atomic E-state index is 0.265. The van der Waals surface area contributed by atoms with Gasteiger partial charge < -0.3 is 24.9 Å². The monoisotopic (exact) mass is 804 g/mol. The number of alkyl halides is 1. The van der Waals surface area contributed by atoms with Gasteiger partial charge in [-0.1, -0.05) is 174 Å². The molecule has 0 saturated carbocycles. The minimum atomic E-state index is -0.296. The highest BCUT2D eigenvalue weighted by atomic mass is 79.9. The normalized spacial score (nSPS) is 10.6. The van der Waals surface area contributed by atoms with Crippen LogP contribution in [0.4, 0.5) is 4.79 Å². The van der Waals surface area contributed by atoms with Crippen LogP contribution in [0.15, 0.2) is 182 Å². The van der Waals surface area contributed by atoms with Crippen molar-refractivity contribution in [3.05, 3.63) is 216 Å². The molecule has 8 aromatic rings. The number of benzene rings is 6. The van der Waals surface area contributed by atoms with E-state index in [2.05, 4.69) is 111 Å². The highest BCUT2D eigenvalue weighted by Crippen LogP contribution is 2.24. The van der Waals surface area contributed by atoms with Crippen molar-refractivity contribution in [1.29, 1.82) is 0 Å². The van der Waals surface area contributed by atoms with Crippen LogP contribution in [0.1, 0.15) is 33.4 Å². The average molecular weight is 806 g/mol. The minimum Gasteiger partial charge on any atom is -0.445 e. The van der Waals surface area contributed by atoms with Crippen LogP contribution in [0.3, 0.4) is 0 Å². The van der Waals surface area contributed by atoms with E-state index in [0.29, 0.717) is 19.6 Å². The predicted molar refractivity (Wildman–Crippen MR) is 235 cm³/mol. The molecule has 0 aliphatic rings. The number of carbonyl (C=O) groups excluding carboxylic acids is 1. The Morgan fingerprint density at radius 1 is 0.625 bits per heavy atom. The lowest BCUT2D eigenvalue weighted by Gasteiger charge is -2.22. The van der Waals surface area contributed by atoms with Crippen molar-refractivity contribution >= 4 is 43.8 Å².